The van der Waals surface area contributed by atoms with E-state index in [1.807, 2.05) is 25.1 Å². The van der Waals surface area contributed by atoms with Crippen LogP contribution in [-0.4, -0.2) is 49.2 Å². The average molecular weight is 292 g/mol. The normalized spacial score (nSPS) is 24.5. The Hall–Kier alpha value is -2.01. The molecule has 0 unspecified atom stereocenters. The van der Waals surface area contributed by atoms with Gasteiger partial charge in [-0.15, -0.1) is 0 Å². The van der Waals surface area contributed by atoms with Crippen molar-refractivity contribution in [2.24, 2.45) is 0 Å². The predicted octanol–water partition coefficient (Wildman–Crippen LogP) is 1.92. The van der Waals surface area contributed by atoms with Crippen LogP contribution in [0.5, 0.6) is 0 Å². The second-order valence-electron chi connectivity index (χ2n) is 5.44. The minimum Gasteiger partial charge on any atom is -0.447 e. The van der Waals surface area contributed by atoms with E-state index in [4.69, 9.17) is 6.94 Å². The number of ether oxygens (including phenoxy) is 1. The van der Waals surface area contributed by atoms with Crippen LogP contribution in [0.15, 0.2) is 24.4 Å². The first kappa shape index (κ1) is 9.10. The van der Waals surface area contributed by atoms with E-state index in [2.05, 4.69) is 4.74 Å². The van der Waals surface area contributed by atoms with E-state index >= 15 is 0 Å². The Bertz CT molecular complexity index is 852. The van der Waals surface area contributed by atoms with Crippen molar-refractivity contribution in [3.8, 4) is 0 Å². The molecule has 0 saturated carbocycles. The van der Waals surface area contributed by atoms with Crippen molar-refractivity contribution in [3.05, 3.63) is 35.5 Å². The zero-order valence-corrected chi connectivity index (χ0v) is 12.1. The first-order valence-electron chi connectivity index (χ1n) is 9.29. The Kier molecular flexibility index (Phi) is 2.50. The number of hydrogen-bond acceptors (Lipinski definition) is 3. The minimum atomic E-state index is -2.23. The first-order chi connectivity index (χ1) is 12.1. The van der Waals surface area contributed by atoms with E-state index in [0.29, 0.717) is 17.2 Å². The average Bonchev–Trinajstić information content (AvgIpc) is 2.90. The number of hydrogen-bond donors (Lipinski definition) is 2. The lowest BCUT2D eigenvalue weighted by molar-refractivity contribution is 0.177. The van der Waals surface area contributed by atoms with E-state index in [9.17, 15) is 4.79 Å². The number of H-pyrrole nitrogens is 1. The fourth-order valence-corrected chi connectivity index (χ4v) is 2.37. The van der Waals surface area contributed by atoms with Crippen LogP contribution in [0, 0.1) is 0 Å². The highest BCUT2D eigenvalue weighted by molar-refractivity contribution is 5.84. The molecule has 1 aliphatic rings. The summed E-state index contributed by atoms with van der Waals surface area (Å²) in [5, 5.41) is 1.30. The van der Waals surface area contributed by atoms with Gasteiger partial charge in [0, 0.05) is 23.6 Å². The van der Waals surface area contributed by atoms with E-state index in [1.165, 1.54) is 0 Å². The summed E-state index contributed by atoms with van der Waals surface area (Å²) in [6.07, 6.45) is -0.134. The molecule has 1 saturated heterocycles. The third-order valence-corrected chi connectivity index (χ3v) is 3.48. The SMILES string of the molecule is [2H]c1c(CCN(C)C)c2cc(C[C@@H]3N([2H])C(=O)OC3([2H])[2H])ccc2n1[2H]. The number of carbonyl (C=O) groups excluding carboxylic acids is 1. The molecule has 1 amide bonds. The van der Waals surface area contributed by atoms with Crippen molar-refractivity contribution < 1.29 is 16.5 Å². The summed E-state index contributed by atoms with van der Waals surface area (Å²) < 4.78 is 44.2. The highest BCUT2D eigenvalue weighted by Crippen LogP contribution is 2.21. The molecule has 0 spiro atoms. The summed E-state index contributed by atoms with van der Waals surface area (Å²) in [5.41, 5.74) is 2.09. The van der Waals surface area contributed by atoms with Gasteiger partial charge in [0.1, 0.15) is 6.56 Å². The number of aromatic amines is 1. The number of carbonyl (C=O) groups is 1. The van der Waals surface area contributed by atoms with Gasteiger partial charge in [0.15, 0.2) is 2.82 Å². The molecule has 1 fully saturated rings. The number of alkyl carbamates (subject to hydrolysis) is 1. The maximum atomic E-state index is 11.5. The van der Waals surface area contributed by atoms with Crippen LogP contribution in [0.3, 0.4) is 0 Å². The van der Waals surface area contributed by atoms with Crippen LogP contribution >= 0.6 is 0 Å². The summed E-state index contributed by atoms with van der Waals surface area (Å²) in [4.78, 5) is 14.6. The molecule has 1 aromatic heterocycles. The summed E-state index contributed by atoms with van der Waals surface area (Å²) >= 11 is 0. The fourth-order valence-electron chi connectivity index (χ4n) is 2.37. The fraction of sp³-hybridized carbons (Fsp3) is 0.438. The van der Waals surface area contributed by atoms with E-state index in [0.717, 1.165) is 28.0 Å². The molecule has 2 N–H and O–H groups in total. The number of aromatic nitrogens is 1. The second-order valence-corrected chi connectivity index (χ2v) is 5.44. The van der Waals surface area contributed by atoms with Gasteiger partial charge in [-0.2, -0.15) is 0 Å². The van der Waals surface area contributed by atoms with Crippen LogP contribution in [0.4, 0.5) is 4.79 Å². The number of amides is 1. The molecule has 0 bridgehead atoms. The molecule has 21 heavy (non-hydrogen) atoms. The van der Waals surface area contributed by atoms with Crippen molar-refractivity contribution in [2.75, 3.05) is 27.2 Å². The van der Waals surface area contributed by atoms with Gasteiger partial charge in [-0.05, 0) is 50.2 Å². The van der Waals surface area contributed by atoms with Gasteiger partial charge in [-0.25, -0.2) is 4.79 Å². The number of cyclic esters (lactones) is 1. The van der Waals surface area contributed by atoms with Gasteiger partial charge in [0.25, 0.3) is 0 Å². The van der Waals surface area contributed by atoms with Crippen molar-refractivity contribution in [3.63, 3.8) is 0 Å². The lowest BCUT2D eigenvalue weighted by Crippen LogP contribution is -2.28. The second kappa shape index (κ2) is 5.77. The van der Waals surface area contributed by atoms with Crippen LogP contribution < -0.4 is 5.31 Å². The standard InChI is InChI=1S/C16H21N3O2/c1-19(2)6-5-12-9-17-15-4-3-11(8-14(12)15)7-13-10-21-16(20)18-13/h3-4,8-9,13,17H,5-7,10H2,1-2H3,(H,18,20)/t13-/m0/s1/i9D,10D2/hD2. The summed E-state index contributed by atoms with van der Waals surface area (Å²) in [6, 6.07) is 4.22. The molecule has 1 aromatic carbocycles. The number of rotatable bonds is 5. The molecule has 2 aromatic rings. The number of likely N-dealkylation sites (N-methyl/N-ethyl adjacent to an activating group) is 1. The molecule has 0 aliphatic carbocycles. The van der Waals surface area contributed by atoms with E-state index in [1.54, 1.807) is 12.1 Å². The summed E-state index contributed by atoms with van der Waals surface area (Å²) in [5.74, 6) is 0. The number of nitrogens with one attached hydrogen (secondary N) is 2. The van der Waals surface area contributed by atoms with Crippen molar-refractivity contribution in [1.82, 2.24) is 15.2 Å². The Morgan fingerprint density at radius 3 is 3.14 bits per heavy atom. The Balaban J connectivity index is 1.96. The quantitative estimate of drug-likeness (QED) is 0.885. The van der Waals surface area contributed by atoms with Gasteiger partial charge in [-0.1, -0.05) is 6.07 Å². The molecule has 5 nitrogen and oxygen atoms in total. The van der Waals surface area contributed by atoms with Crippen LogP contribution in [0.2, 0.25) is 2.82 Å². The van der Waals surface area contributed by atoms with Crippen molar-refractivity contribution in [1.29, 1.82) is 0 Å². The molecule has 3 rings (SSSR count). The minimum absolute atomic E-state index is 0.113. The smallest absolute Gasteiger partial charge is 0.407 e. The summed E-state index contributed by atoms with van der Waals surface area (Å²) in [7, 11) is 3.88. The lowest BCUT2D eigenvalue weighted by Gasteiger charge is -2.09. The lowest BCUT2D eigenvalue weighted by atomic mass is 10.0. The molecule has 0 radical (unpaired) electrons. The van der Waals surface area contributed by atoms with Crippen LogP contribution in [0.25, 0.3) is 10.9 Å². The van der Waals surface area contributed by atoms with Crippen molar-refractivity contribution in [2.45, 2.75) is 18.9 Å². The number of benzene rings is 1. The zero-order chi connectivity index (χ0) is 19.2. The highest BCUT2D eigenvalue weighted by atomic mass is 16.6. The largest absolute Gasteiger partial charge is 0.447 e. The van der Waals surface area contributed by atoms with Crippen LogP contribution in [-0.2, 0) is 17.6 Å². The zero-order valence-electron chi connectivity index (χ0n) is 17.1. The van der Waals surface area contributed by atoms with Gasteiger partial charge < -0.3 is 19.9 Å². The monoisotopic (exact) mass is 292 g/mol. The van der Waals surface area contributed by atoms with Crippen LogP contribution in [0.1, 0.15) is 15.2 Å². The Morgan fingerprint density at radius 1 is 1.57 bits per heavy atom. The molecule has 2 heterocycles. The predicted molar refractivity (Wildman–Crippen MR) is 82.5 cm³/mol. The van der Waals surface area contributed by atoms with E-state index in [-0.39, 0.29) is 12.6 Å². The molecular formula is C16H21N3O2. The number of fused-ring (bicyclic) bond motifs is 1. The Morgan fingerprint density at radius 2 is 2.43 bits per heavy atom. The summed E-state index contributed by atoms with van der Waals surface area (Å²) in [6.45, 7) is -1.49. The number of nitrogens with zero attached hydrogens (tertiary/aromatic N) is 1. The third-order valence-electron chi connectivity index (χ3n) is 3.48. The Labute approximate surface area is 131 Å². The third kappa shape index (κ3) is 3.19. The maximum absolute atomic E-state index is 11.5. The van der Waals surface area contributed by atoms with E-state index < -0.39 is 18.7 Å². The van der Waals surface area contributed by atoms with Crippen molar-refractivity contribution >= 4 is 17.0 Å². The molecular weight excluding hydrogens is 266 g/mol. The maximum Gasteiger partial charge on any atom is 0.407 e. The molecule has 1 atom stereocenters. The highest BCUT2D eigenvalue weighted by Gasteiger charge is 2.22. The van der Waals surface area contributed by atoms with Gasteiger partial charge in [0.2, 0.25) is 0 Å². The molecule has 5 heteroatoms. The van der Waals surface area contributed by atoms with Gasteiger partial charge in [0.05, 0.1) is 10.2 Å². The topological polar surface area (TPSA) is 57.4 Å². The molecule has 1 aliphatic heterocycles. The molecule has 112 valence electrons. The van der Waals surface area contributed by atoms with Gasteiger partial charge in [-0.3, -0.25) is 0 Å². The first-order valence-corrected chi connectivity index (χ1v) is 6.89. The van der Waals surface area contributed by atoms with Gasteiger partial charge >= 0.3 is 6.09 Å².